The van der Waals surface area contributed by atoms with Gasteiger partial charge >= 0.3 is 0 Å². The zero-order chi connectivity index (χ0) is 16.7. The van der Waals surface area contributed by atoms with Crippen molar-refractivity contribution in [1.82, 2.24) is 5.32 Å². The SMILES string of the molecule is Cc1cc(C)cc(C(=O)NCCCCOc2ccc(F)cc2)c1. The molecule has 0 aliphatic carbocycles. The van der Waals surface area contributed by atoms with Crippen LogP contribution in [0.4, 0.5) is 4.39 Å². The lowest BCUT2D eigenvalue weighted by Gasteiger charge is -2.08. The number of carbonyl (C=O) groups excluding carboxylic acids is 1. The average molecular weight is 315 g/mol. The monoisotopic (exact) mass is 315 g/mol. The minimum atomic E-state index is -0.272. The van der Waals surface area contributed by atoms with Gasteiger partial charge in [0.15, 0.2) is 0 Å². The summed E-state index contributed by atoms with van der Waals surface area (Å²) < 4.78 is 18.2. The van der Waals surface area contributed by atoms with Crippen molar-refractivity contribution in [3.8, 4) is 5.75 Å². The average Bonchev–Trinajstić information content (AvgIpc) is 2.51. The van der Waals surface area contributed by atoms with E-state index in [2.05, 4.69) is 5.32 Å². The molecule has 1 amide bonds. The molecule has 0 spiro atoms. The van der Waals surface area contributed by atoms with E-state index in [1.165, 1.54) is 12.1 Å². The zero-order valence-corrected chi connectivity index (χ0v) is 13.6. The van der Waals surface area contributed by atoms with Crippen molar-refractivity contribution in [2.45, 2.75) is 26.7 Å². The van der Waals surface area contributed by atoms with Crippen LogP contribution in [0.15, 0.2) is 42.5 Å². The van der Waals surface area contributed by atoms with E-state index in [1.807, 2.05) is 32.0 Å². The fraction of sp³-hybridized carbons (Fsp3) is 0.316. The second-order valence-corrected chi connectivity index (χ2v) is 5.64. The molecule has 0 saturated heterocycles. The standard InChI is InChI=1S/C19H22FNO2/c1-14-11-15(2)13-16(12-14)19(22)21-9-3-4-10-23-18-7-5-17(20)6-8-18/h5-8,11-13H,3-4,9-10H2,1-2H3,(H,21,22). The van der Waals surface area contributed by atoms with Gasteiger partial charge in [0.1, 0.15) is 11.6 Å². The number of halogens is 1. The number of hydrogen-bond donors (Lipinski definition) is 1. The Bertz CT molecular complexity index is 633. The van der Waals surface area contributed by atoms with E-state index in [1.54, 1.807) is 12.1 Å². The molecule has 2 aromatic carbocycles. The third-order valence-corrected chi connectivity index (χ3v) is 3.42. The van der Waals surface area contributed by atoms with Crippen LogP contribution in [-0.2, 0) is 0 Å². The van der Waals surface area contributed by atoms with Crippen LogP contribution in [0.2, 0.25) is 0 Å². The summed E-state index contributed by atoms with van der Waals surface area (Å²) in [7, 11) is 0. The predicted molar refractivity (Wildman–Crippen MR) is 89.4 cm³/mol. The van der Waals surface area contributed by atoms with Gasteiger partial charge in [-0.05, 0) is 63.1 Å². The molecule has 4 heteroatoms. The first-order chi connectivity index (χ1) is 11.0. The van der Waals surface area contributed by atoms with Gasteiger partial charge in [0.25, 0.3) is 5.91 Å². The Kier molecular flexibility index (Phi) is 6.15. The molecular weight excluding hydrogens is 293 g/mol. The number of amides is 1. The Morgan fingerprint density at radius 2 is 1.70 bits per heavy atom. The smallest absolute Gasteiger partial charge is 0.251 e. The van der Waals surface area contributed by atoms with Gasteiger partial charge in [-0.1, -0.05) is 17.2 Å². The molecule has 0 bridgehead atoms. The van der Waals surface area contributed by atoms with Gasteiger partial charge in [0.05, 0.1) is 6.61 Å². The maximum Gasteiger partial charge on any atom is 0.251 e. The third-order valence-electron chi connectivity index (χ3n) is 3.42. The zero-order valence-electron chi connectivity index (χ0n) is 13.6. The molecule has 2 rings (SSSR count). The first kappa shape index (κ1) is 17.0. The summed E-state index contributed by atoms with van der Waals surface area (Å²) in [5.74, 6) is 0.341. The molecule has 1 N–H and O–H groups in total. The summed E-state index contributed by atoms with van der Waals surface area (Å²) in [5.41, 5.74) is 2.87. The predicted octanol–water partition coefficient (Wildman–Crippen LogP) is 4.03. The van der Waals surface area contributed by atoms with Gasteiger partial charge in [-0.2, -0.15) is 0 Å². The molecule has 0 radical (unpaired) electrons. The van der Waals surface area contributed by atoms with Crippen LogP contribution in [0.3, 0.4) is 0 Å². The van der Waals surface area contributed by atoms with Gasteiger partial charge in [-0.3, -0.25) is 4.79 Å². The van der Waals surface area contributed by atoms with E-state index in [0.717, 1.165) is 24.0 Å². The lowest BCUT2D eigenvalue weighted by Crippen LogP contribution is -2.24. The molecule has 0 saturated carbocycles. The topological polar surface area (TPSA) is 38.3 Å². The van der Waals surface area contributed by atoms with Gasteiger partial charge in [-0.25, -0.2) is 4.39 Å². The van der Waals surface area contributed by atoms with Gasteiger partial charge in [0, 0.05) is 12.1 Å². The van der Waals surface area contributed by atoms with Crippen LogP contribution in [0.1, 0.15) is 34.3 Å². The fourth-order valence-electron chi connectivity index (χ4n) is 2.36. The maximum absolute atomic E-state index is 12.7. The maximum atomic E-state index is 12.7. The molecule has 0 unspecified atom stereocenters. The van der Waals surface area contributed by atoms with Crippen molar-refractivity contribution >= 4 is 5.91 Å². The first-order valence-electron chi connectivity index (χ1n) is 7.79. The van der Waals surface area contributed by atoms with Gasteiger partial charge in [-0.15, -0.1) is 0 Å². The highest BCUT2D eigenvalue weighted by Crippen LogP contribution is 2.11. The summed E-state index contributed by atoms with van der Waals surface area (Å²) in [6, 6.07) is 11.8. The number of aryl methyl sites for hydroxylation is 2. The Morgan fingerprint density at radius 3 is 2.35 bits per heavy atom. The number of hydrogen-bond acceptors (Lipinski definition) is 2. The van der Waals surface area contributed by atoms with E-state index in [9.17, 15) is 9.18 Å². The number of ether oxygens (including phenoxy) is 1. The highest BCUT2D eigenvalue weighted by Gasteiger charge is 2.05. The van der Waals surface area contributed by atoms with Crippen molar-refractivity contribution in [1.29, 1.82) is 0 Å². The van der Waals surface area contributed by atoms with E-state index in [-0.39, 0.29) is 11.7 Å². The van der Waals surface area contributed by atoms with Crippen LogP contribution in [0, 0.1) is 19.7 Å². The summed E-state index contributed by atoms with van der Waals surface area (Å²) in [5, 5.41) is 2.92. The van der Waals surface area contributed by atoms with Crippen LogP contribution in [-0.4, -0.2) is 19.1 Å². The third kappa shape index (κ3) is 5.74. The quantitative estimate of drug-likeness (QED) is 0.783. The highest BCUT2D eigenvalue weighted by molar-refractivity contribution is 5.94. The number of unbranched alkanes of at least 4 members (excludes halogenated alkanes) is 1. The normalized spacial score (nSPS) is 10.4. The molecule has 2 aromatic rings. The van der Waals surface area contributed by atoms with Crippen molar-refractivity contribution in [2.24, 2.45) is 0 Å². The summed E-state index contributed by atoms with van der Waals surface area (Å²) in [6.07, 6.45) is 1.65. The van der Waals surface area contributed by atoms with Crippen LogP contribution in [0.5, 0.6) is 5.75 Å². The summed E-state index contributed by atoms with van der Waals surface area (Å²) >= 11 is 0. The van der Waals surface area contributed by atoms with Crippen LogP contribution >= 0.6 is 0 Å². The lowest BCUT2D eigenvalue weighted by molar-refractivity contribution is 0.0952. The summed E-state index contributed by atoms with van der Waals surface area (Å²) in [4.78, 5) is 12.1. The minimum absolute atomic E-state index is 0.0451. The minimum Gasteiger partial charge on any atom is -0.494 e. The van der Waals surface area contributed by atoms with Crippen LogP contribution in [0.25, 0.3) is 0 Å². The Balaban J connectivity index is 1.65. The Hall–Kier alpha value is -2.36. The molecule has 23 heavy (non-hydrogen) atoms. The van der Waals surface area contributed by atoms with Crippen molar-refractivity contribution in [2.75, 3.05) is 13.2 Å². The number of nitrogens with one attached hydrogen (secondary N) is 1. The lowest BCUT2D eigenvalue weighted by atomic mass is 10.1. The van der Waals surface area contributed by atoms with Crippen LogP contribution < -0.4 is 10.1 Å². The van der Waals surface area contributed by atoms with E-state index < -0.39 is 0 Å². The number of rotatable bonds is 7. The molecular formula is C19H22FNO2. The molecule has 0 fully saturated rings. The second-order valence-electron chi connectivity index (χ2n) is 5.64. The number of benzene rings is 2. The van der Waals surface area contributed by atoms with Crippen molar-refractivity contribution in [3.63, 3.8) is 0 Å². The molecule has 3 nitrogen and oxygen atoms in total. The Morgan fingerprint density at radius 1 is 1.04 bits per heavy atom. The second kappa shape index (κ2) is 8.32. The summed E-state index contributed by atoms with van der Waals surface area (Å²) in [6.45, 7) is 5.12. The molecule has 122 valence electrons. The van der Waals surface area contributed by atoms with E-state index in [4.69, 9.17) is 4.74 Å². The number of carbonyl (C=O) groups is 1. The van der Waals surface area contributed by atoms with E-state index in [0.29, 0.717) is 24.5 Å². The molecule has 0 aliphatic rings. The molecule has 0 heterocycles. The van der Waals surface area contributed by atoms with Crippen molar-refractivity contribution < 1.29 is 13.9 Å². The molecule has 0 aromatic heterocycles. The molecule has 0 aliphatic heterocycles. The highest BCUT2D eigenvalue weighted by atomic mass is 19.1. The van der Waals surface area contributed by atoms with Crippen molar-refractivity contribution in [3.05, 3.63) is 65.0 Å². The van der Waals surface area contributed by atoms with Gasteiger partial charge in [0.2, 0.25) is 0 Å². The Labute approximate surface area is 136 Å². The fourth-order valence-corrected chi connectivity index (χ4v) is 2.36. The van der Waals surface area contributed by atoms with E-state index >= 15 is 0 Å². The first-order valence-corrected chi connectivity index (χ1v) is 7.79. The molecule has 0 atom stereocenters. The van der Waals surface area contributed by atoms with Gasteiger partial charge < -0.3 is 10.1 Å². The largest absolute Gasteiger partial charge is 0.494 e.